The summed E-state index contributed by atoms with van der Waals surface area (Å²) in [6.45, 7) is 3.43. The van der Waals surface area contributed by atoms with Crippen LogP contribution in [0.2, 0.25) is 5.02 Å². The molecular formula is C18H17BrClNO3. The lowest BCUT2D eigenvalue weighted by Gasteiger charge is -2.12. The Kier molecular flexibility index (Phi) is 6.40. The largest absolute Gasteiger partial charge is 0.455 e. The number of esters is 1. The smallest absolute Gasteiger partial charge is 0.310 e. The van der Waals surface area contributed by atoms with Crippen molar-refractivity contribution in [2.24, 2.45) is 0 Å². The van der Waals surface area contributed by atoms with E-state index in [1.807, 2.05) is 44.2 Å². The molecular weight excluding hydrogens is 394 g/mol. The van der Waals surface area contributed by atoms with Crippen LogP contribution in [0.3, 0.4) is 0 Å². The summed E-state index contributed by atoms with van der Waals surface area (Å²) in [5, 5.41) is 3.14. The summed E-state index contributed by atoms with van der Waals surface area (Å²) in [5.74, 6) is -0.882. The van der Waals surface area contributed by atoms with Crippen LogP contribution in [0.1, 0.15) is 16.7 Å². The number of amides is 1. The van der Waals surface area contributed by atoms with Crippen LogP contribution in [0.4, 0.5) is 5.69 Å². The van der Waals surface area contributed by atoms with Gasteiger partial charge in [-0.1, -0.05) is 45.7 Å². The third-order valence-corrected chi connectivity index (χ3v) is 4.15. The molecule has 0 saturated carbocycles. The van der Waals surface area contributed by atoms with Crippen LogP contribution < -0.4 is 5.32 Å². The number of aryl methyl sites for hydroxylation is 2. The van der Waals surface area contributed by atoms with E-state index < -0.39 is 11.9 Å². The van der Waals surface area contributed by atoms with Crippen LogP contribution in [0.25, 0.3) is 0 Å². The Balaban J connectivity index is 1.87. The molecule has 126 valence electrons. The first-order valence-electron chi connectivity index (χ1n) is 7.32. The second-order valence-corrected chi connectivity index (χ2v) is 6.77. The molecule has 4 nitrogen and oxygen atoms in total. The first-order valence-corrected chi connectivity index (χ1v) is 8.49. The average Bonchev–Trinajstić information content (AvgIpc) is 2.51. The van der Waals surface area contributed by atoms with Gasteiger partial charge in [0.1, 0.15) is 0 Å². The van der Waals surface area contributed by atoms with Crippen molar-refractivity contribution in [2.45, 2.75) is 20.3 Å². The van der Waals surface area contributed by atoms with Crippen molar-refractivity contribution in [3.8, 4) is 0 Å². The van der Waals surface area contributed by atoms with Crippen LogP contribution >= 0.6 is 27.5 Å². The molecule has 0 radical (unpaired) electrons. The van der Waals surface area contributed by atoms with Crippen molar-refractivity contribution in [3.05, 3.63) is 62.6 Å². The van der Waals surface area contributed by atoms with Gasteiger partial charge in [-0.3, -0.25) is 9.59 Å². The SMILES string of the molecule is Cc1cc(C)c(NC(=O)COC(=O)Cc2ccc(Br)cc2)c(Cl)c1. The van der Waals surface area contributed by atoms with Crippen LogP contribution in [0, 0.1) is 13.8 Å². The van der Waals surface area contributed by atoms with Crippen molar-refractivity contribution >= 4 is 45.1 Å². The van der Waals surface area contributed by atoms with Gasteiger partial charge in [-0.15, -0.1) is 0 Å². The van der Waals surface area contributed by atoms with Crippen LogP contribution in [0.15, 0.2) is 40.9 Å². The number of carbonyl (C=O) groups is 2. The Labute approximate surface area is 154 Å². The highest BCUT2D eigenvalue weighted by atomic mass is 79.9. The number of anilines is 1. The zero-order chi connectivity index (χ0) is 17.7. The molecule has 2 rings (SSSR count). The van der Waals surface area contributed by atoms with E-state index in [-0.39, 0.29) is 13.0 Å². The monoisotopic (exact) mass is 409 g/mol. The number of halogens is 2. The van der Waals surface area contributed by atoms with Crippen molar-refractivity contribution in [2.75, 3.05) is 11.9 Å². The number of rotatable bonds is 5. The van der Waals surface area contributed by atoms with Gasteiger partial charge in [0, 0.05) is 4.47 Å². The summed E-state index contributed by atoms with van der Waals surface area (Å²) in [7, 11) is 0. The van der Waals surface area contributed by atoms with Gasteiger partial charge in [-0.05, 0) is 48.7 Å². The van der Waals surface area contributed by atoms with Gasteiger partial charge in [-0.25, -0.2) is 0 Å². The molecule has 1 N–H and O–H groups in total. The van der Waals surface area contributed by atoms with E-state index in [1.54, 1.807) is 6.07 Å². The van der Waals surface area contributed by atoms with Gasteiger partial charge in [-0.2, -0.15) is 0 Å². The fourth-order valence-electron chi connectivity index (χ4n) is 2.22. The van der Waals surface area contributed by atoms with E-state index >= 15 is 0 Å². The van der Waals surface area contributed by atoms with Crippen molar-refractivity contribution in [1.29, 1.82) is 0 Å². The molecule has 0 aliphatic carbocycles. The van der Waals surface area contributed by atoms with Gasteiger partial charge in [0.2, 0.25) is 0 Å². The summed E-state index contributed by atoms with van der Waals surface area (Å²) in [5.41, 5.74) is 3.23. The number of hydrogen-bond acceptors (Lipinski definition) is 3. The molecule has 0 atom stereocenters. The number of hydrogen-bond donors (Lipinski definition) is 1. The molecule has 0 unspecified atom stereocenters. The fraction of sp³-hybridized carbons (Fsp3) is 0.222. The Morgan fingerprint density at radius 2 is 1.83 bits per heavy atom. The lowest BCUT2D eigenvalue weighted by atomic mass is 10.1. The molecule has 2 aromatic carbocycles. The molecule has 0 bridgehead atoms. The maximum Gasteiger partial charge on any atom is 0.310 e. The molecule has 0 saturated heterocycles. The maximum absolute atomic E-state index is 12.0. The highest BCUT2D eigenvalue weighted by Gasteiger charge is 2.12. The van der Waals surface area contributed by atoms with E-state index in [9.17, 15) is 9.59 Å². The third-order valence-electron chi connectivity index (χ3n) is 3.32. The summed E-state index contributed by atoms with van der Waals surface area (Å²) >= 11 is 9.46. The Bertz CT molecular complexity index is 736. The number of nitrogens with one attached hydrogen (secondary N) is 1. The molecule has 0 fully saturated rings. The molecule has 0 aliphatic rings. The maximum atomic E-state index is 12.0. The highest BCUT2D eigenvalue weighted by molar-refractivity contribution is 9.10. The predicted molar refractivity (Wildman–Crippen MR) is 98.4 cm³/mol. The van der Waals surface area contributed by atoms with Crippen molar-refractivity contribution in [1.82, 2.24) is 0 Å². The number of benzene rings is 2. The Morgan fingerprint density at radius 1 is 1.17 bits per heavy atom. The molecule has 1 amide bonds. The average molecular weight is 411 g/mol. The summed E-state index contributed by atoms with van der Waals surface area (Å²) < 4.78 is 5.94. The minimum atomic E-state index is -0.459. The molecule has 0 aliphatic heterocycles. The van der Waals surface area contributed by atoms with Crippen molar-refractivity contribution < 1.29 is 14.3 Å². The molecule has 24 heavy (non-hydrogen) atoms. The topological polar surface area (TPSA) is 55.4 Å². The number of ether oxygens (including phenoxy) is 1. The van der Waals surface area contributed by atoms with E-state index in [4.69, 9.17) is 16.3 Å². The van der Waals surface area contributed by atoms with Crippen LogP contribution in [-0.2, 0) is 20.7 Å². The lowest BCUT2D eigenvalue weighted by Crippen LogP contribution is -2.22. The first kappa shape index (κ1) is 18.5. The quantitative estimate of drug-likeness (QED) is 0.741. The summed E-state index contributed by atoms with van der Waals surface area (Å²) in [6, 6.07) is 11.0. The zero-order valence-electron chi connectivity index (χ0n) is 13.4. The minimum Gasteiger partial charge on any atom is -0.455 e. The Hall–Kier alpha value is -1.85. The van der Waals surface area contributed by atoms with E-state index in [2.05, 4.69) is 21.2 Å². The van der Waals surface area contributed by atoms with Gasteiger partial charge >= 0.3 is 5.97 Å². The summed E-state index contributed by atoms with van der Waals surface area (Å²) in [4.78, 5) is 23.7. The molecule has 2 aromatic rings. The van der Waals surface area contributed by atoms with Gasteiger partial charge < -0.3 is 10.1 Å². The second kappa shape index (κ2) is 8.31. The fourth-order valence-corrected chi connectivity index (χ4v) is 2.85. The van der Waals surface area contributed by atoms with E-state index in [0.717, 1.165) is 21.2 Å². The molecule has 6 heteroatoms. The van der Waals surface area contributed by atoms with Crippen molar-refractivity contribution in [3.63, 3.8) is 0 Å². The first-order chi connectivity index (χ1) is 11.3. The highest BCUT2D eigenvalue weighted by Crippen LogP contribution is 2.27. The molecule has 0 aromatic heterocycles. The molecule has 0 spiro atoms. The Morgan fingerprint density at radius 3 is 2.46 bits per heavy atom. The standard InChI is InChI=1S/C18H17BrClNO3/c1-11-7-12(2)18(15(20)8-11)21-16(22)10-24-17(23)9-13-3-5-14(19)6-4-13/h3-8H,9-10H2,1-2H3,(H,21,22). The number of carbonyl (C=O) groups excluding carboxylic acids is 2. The van der Waals surface area contributed by atoms with Gasteiger partial charge in [0.15, 0.2) is 6.61 Å². The minimum absolute atomic E-state index is 0.116. The van der Waals surface area contributed by atoms with E-state index in [1.165, 1.54) is 0 Å². The van der Waals surface area contributed by atoms with Gasteiger partial charge in [0.05, 0.1) is 17.1 Å². The van der Waals surface area contributed by atoms with Crippen LogP contribution in [-0.4, -0.2) is 18.5 Å². The third kappa shape index (κ3) is 5.35. The van der Waals surface area contributed by atoms with Gasteiger partial charge in [0.25, 0.3) is 5.91 Å². The normalized spacial score (nSPS) is 10.3. The molecule has 0 heterocycles. The zero-order valence-corrected chi connectivity index (χ0v) is 15.7. The van der Waals surface area contributed by atoms with E-state index in [0.29, 0.717) is 10.7 Å². The predicted octanol–water partition coefficient (Wildman–Crippen LogP) is 4.44. The second-order valence-electron chi connectivity index (χ2n) is 5.45. The summed E-state index contributed by atoms with van der Waals surface area (Å²) in [6.07, 6.45) is 0.116. The lowest BCUT2D eigenvalue weighted by molar-refractivity contribution is -0.146. The van der Waals surface area contributed by atoms with Crippen LogP contribution in [0.5, 0.6) is 0 Å².